The molecule has 0 saturated carbocycles. The SMILES string of the molecule is COc1ccc(-c2c(C)oc3c(CN4CCN(c5ccccc5)CC4)c(O)ccc3c2=O)cc1. The molecule has 5 rings (SSSR count). The maximum absolute atomic E-state index is 13.5. The van der Waals surface area contributed by atoms with Crippen molar-refractivity contribution in [1.29, 1.82) is 0 Å². The Labute approximate surface area is 198 Å². The number of nitrogens with zero attached hydrogens (tertiary/aromatic N) is 2. The Bertz CT molecular complexity index is 1360. The van der Waals surface area contributed by atoms with Gasteiger partial charge in [0.25, 0.3) is 0 Å². The van der Waals surface area contributed by atoms with E-state index in [1.807, 2.05) is 30.3 Å². The molecule has 174 valence electrons. The first-order valence-electron chi connectivity index (χ1n) is 11.5. The van der Waals surface area contributed by atoms with Crippen LogP contribution in [0.15, 0.2) is 75.9 Å². The first kappa shape index (κ1) is 22.0. The molecular weight excluding hydrogens is 428 g/mol. The molecule has 2 heterocycles. The first-order valence-corrected chi connectivity index (χ1v) is 11.5. The minimum atomic E-state index is -0.0981. The Morgan fingerprint density at radius 1 is 0.941 bits per heavy atom. The summed E-state index contributed by atoms with van der Waals surface area (Å²) in [5, 5.41) is 11.2. The minimum absolute atomic E-state index is 0.0981. The van der Waals surface area contributed by atoms with E-state index in [1.54, 1.807) is 26.2 Å². The van der Waals surface area contributed by atoms with Gasteiger partial charge in [-0.05, 0) is 48.9 Å². The fraction of sp³-hybridized carbons (Fsp3) is 0.250. The van der Waals surface area contributed by atoms with Gasteiger partial charge < -0.3 is 19.2 Å². The van der Waals surface area contributed by atoms with Crippen molar-refractivity contribution < 1.29 is 14.3 Å². The van der Waals surface area contributed by atoms with E-state index in [0.717, 1.165) is 37.5 Å². The summed E-state index contributed by atoms with van der Waals surface area (Å²) in [4.78, 5) is 18.1. The van der Waals surface area contributed by atoms with Gasteiger partial charge in [-0.2, -0.15) is 0 Å². The molecule has 1 aliphatic rings. The summed E-state index contributed by atoms with van der Waals surface area (Å²) in [6.45, 7) is 5.85. The predicted octanol–water partition coefficient (Wildman–Crippen LogP) is 4.80. The van der Waals surface area contributed by atoms with Crippen molar-refractivity contribution in [2.24, 2.45) is 0 Å². The largest absolute Gasteiger partial charge is 0.507 e. The molecule has 0 radical (unpaired) electrons. The standard InChI is InChI=1S/C28H28N2O4/c1-19-26(20-8-10-22(33-2)11-9-20)27(32)23-12-13-25(31)24(28(23)34-19)18-29-14-16-30(17-15-29)21-6-4-3-5-7-21/h3-13,31H,14-18H2,1-2H3. The van der Waals surface area contributed by atoms with E-state index in [9.17, 15) is 9.90 Å². The molecule has 1 saturated heterocycles. The second kappa shape index (κ2) is 9.23. The van der Waals surface area contributed by atoms with E-state index in [2.05, 4.69) is 34.1 Å². The van der Waals surface area contributed by atoms with Crippen LogP contribution in [-0.2, 0) is 6.54 Å². The van der Waals surface area contributed by atoms with Crippen LogP contribution in [0.1, 0.15) is 11.3 Å². The number of ether oxygens (including phenoxy) is 1. The van der Waals surface area contributed by atoms with Crippen molar-refractivity contribution in [1.82, 2.24) is 4.90 Å². The summed E-state index contributed by atoms with van der Waals surface area (Å²) in [5.41, 5.74) is 3.56. The van der Waals surface area contributed by atoms with Crippen molar-refractivity contribution in [3.8, 4) is 22.6 Å². The topological polar surface area (TPSA) is 66.2 Å². The molecule has 6 heteroatoms. The number of rotatable bonds is 5. The lowest BCUT2D eigenvalue weighted by Gasteiger charge is -2.36. The van der Waals surface area contributed by atoms with Crippen molar-refractivity contribution in [3.05, 3.63) is 88.3 Å². The maximum Gasteiger partial charge on any atom is 0.200 e. The number of aryl methyl sites for hydroxylation is 1. The van der Waals surface area contributed by atoms with E-state index < -0.39 is 0 Å². The van der Waals surface area contributed by atoms with Crippen LogP contribution in [0, 0.1) is 6.92 Å². The van der Waals surface area contributed by atoms with E-state index >= 15 is 0 Å². The van der Waals surface area contributed by atoms with Gasteiger partial charge in [0.15, 0.2) is 0 Å². The molecule has 0 unspecified atom stereocenters. The number of piperazine rings is 1. The van der Waals surface area contributed by atoms with Crippen LogP contribution < -0.4 is 15.1 Å². The average Bonchev–Trinajstić information content (AvgIpc) is 2.87. The van der Waals surface area contributed by atoms with Crippen molar-refractivity contribution in [2.45, 2.75) is 13.5 Å². The summed E-state index contributed by atoms with van der Waals surface area (Å²) >= 11 is 0. The Hall–Kier alpha value is -3.77. The lowest BCUT2D eigenvalue weighted by molar-refractivity contribution is 0.246. The van der Waals surface area contributed by atoms with Gasteiger partial charge in [0.2, 0.25) is 5.43 Å². The third-order valence-electron chi connectivity index (χ3n) is 6.57. The maximum atomic E-state index is 13.5. The zero-order valence-electron chi connectivity index (χ0n) is 19.5. The number of methoxy groups -OCH3 is 1. The number of hydrogen-bond acceptors (Lipinski definition) is 6. The summed E-state index contributed by atoms with van der Waals surface area (Å²) in [6.07, 6.45) is 0. The highest BCUT2D eigenvalue weighted by Crippen LogP contribution is 2.32. The number of para-hydroxylation sites is 1. The van der Waals surface area contributed by atoms with Crippen LogP contribution in [0.25, 0.3) is 22.1 Å². The lowest BCUT2D eigenvalue weighted by atomic mass is 10.0. The van der Waals surface area contributed by atoms with Gasteiger partial charge in [-0.25, -0.2) is 0 Å². The number of phenols is 1. The van der Waals surface area contributed by atoms with Gasteiger partial charge in [-0.15, -0.1) is 0 Å². The fourth-order valence-corrected chi connectivity index (χ4v) is 4.68. The molecule has 1 aromatic heterocycles. The zero-order valence-corrected chi connectivity index (χ0v) is 19.5. The third-order valence-corrected chi connectivity index (χ3v) is 6.57. The van der Waals surface area contributed by atoms with Gasteiger partial charge in [0, 0.05) is 38.4 Å². The Kier molecular flexibility index (Phi) is 5.99. The van der Waals surface area contributed by atoms with Crippen LogP contribution in [0.5, 0.6) is 11.5 Å². The van der Waals surface area contributed by atoms with E-state index in [4.69, 9.17) is 9.15 Å². The highest BCUT2D eigenvalue weighted by molar-refractivity contribution is 5.86. The van der Waals surface area contributed by atoms with Gasteiger partial charge in [0.1, 0.15) is 22.8 Å². The van der Waals surface area contributed by atoms with Gasteiger partial charge in [-0.1, -0.05) is 30.3 Å². The van der Waals surface area contributed by atoms with Gasteiger partial charge in [0.05, 0.1) is 23.6 Å². The molecular formula is C28H28N2O4. The molecule has 0 atom stereocenters. The first-order chi connectivity index (χ1) is 16.5. The quantitative estimate of drug-likeness (QED) is 0.465. The molecule has 1 N–H and O–H groups in total. The van der Waals surface area contributed by atoms with Crippen LogP contribution in [0.2, 0.25) is 0 Å². The van der Waals surface area contributed by atoms with E-state index in [0.29, 0.717) is 34.4 Å². The molecule has 0 bridgehead atoms. The zero-order chi connectivity index (χ0) is 23.7. The Morgan fingerprint density at radius 3 is 2.32 bits per heavy atom. The van der Waals surface area contributed by atoms with Gasteiger partial charge in [-0.3, -0.25) is 9.69 Å². The molecule has 1 aliphatic heterocycles. The number of aromatic hydroxyl groups is 1. The number of hydrogen-bond donors (Lipinski definition) is 1. The molecule has 0 amide bonds. The number of phenolic OH excluding ortho intramolecular Hbond substituents is 1. The van der Waals surface area contributed by atoms with Crippen LogP contribution >= 0.6 is 0 Å². The molecule has 0 aliphatic carbocycles. The summed E-state index contributed by atoms with van der Waals surface area (Å²) in [5.74, 6) is 1.41. The normalized spacial score (nSPS) is 14.5. The summed E-state index contributed by atoms with van der Waals surface area (Å²) < 4.78 is 11.4. The third kappa shape index (κ3) is 4.13. The molecule has 1 fully saturated rings. The number of benzene rings is 3. The summed E-state index contributed by atoms with van der Waals surface area (Å²) in [7, 11) is 1.61. The minimum Gasteiger partial charge on any atom is -0.507 e. The lowest BCUT2D eigenvalue weighted by Crippen LogP contribution is -2.46. The van der Waals surface area contributed by atoms with Crippen molar-refractivity contribution >= 4 is 16.7 Å². The van der Waals surface area contributed by atoms with Crippen LogP contribution in [0.3, 0.4) is 0 Å². The molecule has 4 aromatic rings. The molecule has 34 heavy (non-hydrogen) atoms. The second-order valence-corrected chi connectivity index (χ2v) is 8.63. The van der Waals surface area contributed by atoms with Crippen molar-refractivity contribution in [3.63, 3.8) is 0 Å². The van der Waals surface area contributed by atoms with Crippen LogP contribution in [-0.4, -0.2) is 43.3 Å². The second-order valence-electron chi connectivity index (χ2n) is 8.63. The number of fused-ring (bicyclic) bond motifs is 1. The highest BCUT2D eigenvalue weighted by atomic mass is 16.5. The summed E-state index contributed by atoms with van der Waals surface area (Å²) in [6, 6.07) is 21.0. The van der Waals surface area contributed by atoms with Crippen molar-refractivity contribution in [2.75, 3.05) is 38.2 Å². The fourth-order valence-electron chi connectivity index (χ4n) is 4.68. The van der Waals surface area contributed by atoms with Crippen LogP contribution in [0.4, 0.5) is 5.69 Å². The Morgan fingerprint density at radius 2 is 1.65 bits per heavy atom. The molecule has 6 nitrogen and oxygen atoms in total. The van der Waals surface area contributed by atoms with E-state index in [1.165, 1.54) is 5.69 Å². The van der Waals surface area contributed by atoms with Gasteiger partial charge >= 0.3 is 0 Å². The average molecular weight is 457 g/mol. The smallest absolute Gasteiger partial charge is 0.200 e. The highest BCUT2D eigenvalue weighted by Gasteiger charge is 2.22. The predicted molar refractivity (Wildman–Crippen MR) is 135 cm³/mol. The monoisotopic (exact) mass is 456 g/mol. The molecule has 0 spiro atoms. The molecule has 3 aromatic carbocycles. The number of anilines is 1. The Balaban J connectivity index is 1.44. The van der Waals surface area contributed by atoms with E-state index in [-0.39, 0.29) is 11.2 Å².